The zero-order valence-corrected chi connectivity index (χ0v) is 39.3. The van der Waals surface area contributed by atoms with Gasteiger partial charge in [0.25, 0.3) is 0 Å². The number of unbranched alkanes of at least 4 members (excludes halogenated alkanes) is 18. The first-order valence-corrected chi connectivity index (χ1v) is 25.6. The highest BCUT2D eigenvalue weighted by molar-refractivity contribution is 7.47. The number of phosphoric acid groups is 1. The van der Waals surface area contributed by atoms with E-state index in [0.29, 0.717) is 13.0 Å². The molecule has 13 heteroatoms. The second-order valence-electron chi connectivity index (χ2n) is 16.6. The third-order valence-corrected chi connectivity index (χ3v) is 11.9. The highest BCUT2D eigenvalue weighted by atomic mass is 31.2. The Hall–Kier alpha value is -1.96. The van der Waals surface area contributed by atoms with Crippen LogP contribution in [0.15, 0.2) is 60.8 Å². The van der Waals surface area contributed by atoms with Gasteiger partial charge >= 0.3 is 13.8 Å². The fraction of sp³-hybridized carbons (Fsp3) is 0.776. The molecular weight excluding hydrogens is 812 g/mol. The van der Waals surface area contributed by atoms with Crippen LogP contribution in [0.25, 0.3) is 0 Å². The summed E-state index contributed by atoms with van der Waals surface area (Å²) in [6, 6.07) is 0. The van der Waals surface area contributed by atoms with Gasteiger partial charge in [-0.3, -0.25) is 13.8 Å². The molecule has 0 heterocycles. The minimum absolute atomic E-state index is 0.0963. The molecule has 1 fully saturated rings. The monoisotopic (exact) mass is 899 g/mol. The average molecular weight is 899 g/mol. The van der Waals surface area contributed by atoms with E-state index in [0.717, 1.165) is 57.8 Å². The lowest BCUT2D eigenvalue weighted by molar-refractivity contribution is -0.220. The van der Waals surface area contributed by atoms with Gasteiger partial charge in [0.05, 0.1) is 13.2 Å². The van der Waals surface area contributed by atoms with Crippen LogP contribution >= 0.6 is 7.82 Å². The Balaban J connectivity index is 2.39. The van der Waals surface area contributed by atoms with Crippen molar-refractivity contribution < 1.29 is 58.3 Å². The Morgan fingerprint density at radius 2 is 0.952 bits per heavy atom. The van der Waals surface area contributed by atoms with Gasteiger partial charge < -0.3 is 39.9 Å². The number of carbonyl (C=O) groups excluding carboxylic acids is 1. The summed E-state index contributed by atoms with van der Waals surface area (Å²) >= 11 is 0. The van der Waals surface area contributed by atoms with Gasteiger partial charge in [-0.1, -0.05) is 158 Å². The molecule has 0 aromatic rings. The average Bonchev–Trinajstić information content (AvgIpc) is 3.26. The van der Waals surface area contributed by atoms with E-state index < -0.39 is 63.1 Å². The maximum absolute atomic E-state index is 12.8. The summed E-state index contributed by atoms with van der Waals surface area (Å²) < 4.78 is 34.2. The number of hydrogen-bond acceptors (Lipinski definition) is 11. The van der Waals surface area contributed by atoms with Gasteiger partial charge in [0, 0.05) is 13.0 Å². The van der Waals surface area contributed by atoms with E-state index in [2.05, 4.69) is 74.6 Å². The molecule has 6 unspecified atom stereocenters. The maximum atomic E-state index is 12.8. The molecule has 6 atom stereocenters. The summed E-state index contributed by atoms with van der Waals surface area (Å²) in [5.41, 5.74) is 0. The molecule has 360 valence electrons. The molecule has 12 nitrogen and oxygen atoms in total. The fourth-order valence-corrected chi connectivity index (χ4v) is 8.02. The number of aliphatic hydroxyl groups excluding tert-OH is 5. The molecule has 0 aromatic carbocycles. The summed E-state index contributed by atoms with van der Waals surface area (Å²) in [5, 5.41) is 50.2. The van der Waals surface area contributed by atoms with Crippen molar-refractivity contribution in [3.8, 4) is 0 Å². The van der Waals surface area contributed by atoms with E-state index in [1.807, 2.05) is 0 Å². The number of phosphoric ester groups is 1. The number of rotatable bonds is 40. The van der Waals surface area contributed by atoms with Crippen molar-refractivity contribution in [2.24, 2.45) is 0 Å². The van der Waals surface area contributed by atoms with Crippen LogP contribution < -0.4 is 0 Å². The molecule has 1 aliphatic carbocycles. The fourth-order valence-electron chi connectivity index (χ4n) is 7.05. The summed E-state index contributed by atoms with van der Waals surface area (Å²) in [5.74, 6) is -0.518. The lowest BCUT2D eigenvalue weighted by atomic mass is 9.85. The van der Waals surface area contributed by atoms with Crippen LogP contribution in [0.2, 0.25) is 0 Å². The summed E-state index contributed by atoms with van der Waals surface area (Å²) in [4.78, 5) is 23.2. The Labute approximate surface area is 375 Å². The first-order chi connectivity index (χ1) is 30.0. The van der Waals surface area contributed by atoms with Gasteiger partial charge in [0.15, 0.2) is 0 Å². The summed E-state index contributed by atoms with van der Waals surface area (Å²) in [6.07, 6.45) is 37.2. The Morgan fingerprint density at radius 3 is 1.47 bits per heavy atom. The SMILES string of the molecule is CC/C=C\C/C=C\C/C=C\C/C=C\CCCCC(=O)OC(COCCCCCCCCCCCC/C=C\CCCCCCCC)COP(=O)(O)OC1C(O)C(O)C(O)C(O)C1O. The van der Waals surface area contributed by atoms with Crippen molar-refractivity contribution >= 4 is 13.8 Å². The van der Waals surface area contributed by atoms with Crippen LogP contribution in [-0.2, 0) is 27.9 Å². The van der Waals surface area contributed by atoms with Gasteiger partial charge in [-0.05, 0) is 77.0 Å². The number of aliphatic hydroxyl groups is 5. The number of allylic oxidation sites excluding steroid dienone is 10. The van der Waals surface area contributed by atoms with Crippen molar-refractivity contribution in [2.45, 2.75) is 224 Å². The number of esters is 1. The molecule has 1 aliphatic rings. The largest absolute Gasteiger partial charge is 0.472 e. The van der Waals surface area contributed by atoms with Crippen molar-refractivity contribution in [3.05, 3.63) is 60.8 Å². The zero-order valence-electron chi connectivity index (χ0n) is 38.4. The van der Waals surface area contributed by atoms with Crippen molar-refractivity contribution in [1.82, 2.24) is 0 Å². The minimum Gasteiger partial charge on any atom is -0.457 e. The van der Waals surface area contributed by atoms with Crippen LogP contribution in [-0.4, -0.2) is 98.9 Å². The van der Waals surface area contributed by atoms with Crippen LogP contribution in [0.4, 0.5) is 0 Å². The van der Waals surface area contributed by atoms with E-state index in [1.165, 1.54) is 96.3 Å². The van der Waals surface area contributed by atoms with Crippen LogP contribution in [0.1, 0.15) is 181 Å². The molecule has 0 amide bonds. The lowest BCUT2D eigenvalue weighted by Gasteiger charge is -2.41. The topological polar surface area (TPSA) is 192 Å². The smallest absolute Gasteiger partial charge is 0.457 e. The Morgan fingerprint density at radius 1 is 0.532 bits per heavy atom. The third-order valence-electron chi connectivity index (χ3n) is 10.9. The van der Waals surface area contributed by atoms with Crippen molar-refractivity contribution in [2.75, 3.05) is 19.8 Å². The van der Waals surface area contributed by atoms with E-state index >= 15 is 0 Å². The predicted octanol–water partition coefficient (Wildman–Crippen LogP) is 10.2. The van der Waals surface area contributed by atoms with Gasteiger partial charge in [-0.15, -0.1) is 0 Å². The van der Waals surface area contributed by atoms with Crippen LogP contribution in [0, 0.1) is 0 Å². The third kappa shape index (κ3) is 31.0. The molecule has 0 aliphatic heterocycles. The molecule has 0 radical (unpaired) electrons. The number of ether oxygens (including phenoxy) is 2. The van der Waals surface area contributed by atoms with E-state index in [1.54, 1.807) is 0 Å². The van der Waals surface area contributed by atoms with Crippen LogP contribution in [0.3, 0.4) is 0 Å². The van der Waals surface area contributed by atoms with E-state index in [-0.39, 0.29) is 13.0 Å². The molecule has 62 heavy (non-hydrogen) atoms. The van der Waals surface area contributed by atoms with Crippen LogP contribution in [0.5, 0.6) is 0 Å². The molecule has 0 aromatic heterocycles. The summed E-state index contributed by atoms with van der Waals surface area (Å²) in [6.45, 7) is 4.09. The maximum Gasteiger partial charge on any atom is 0.472 e. The summed E-state index contributed by atoms with van der Waals surface area (Å²) in [7, 11) is -5.03. The zero-order chi connectivity index (χ0) is 45.5. The van der Waals surface area contributed by atoms with Gasteiger partial charge in [0.1, 0.15) is 42.7 Å². The molecule has 0 bridgehead atoms. The quantitative estimate of drug-likeness (QED) is 0.0148. The number of carbonyl (C=O) groups is 1. The first kappa shape index (κ1) is 58.1. The highest BCUT2D eigenvalue weighted by Gasteiger charge is 2.51. The Bertz CT molecular complexity index is 1250. The second-order valence-corrected chi connectivity index (χ2v) is 18.0. The van der Waals surface area contributed by atoms with Crippen molar-refractivity contribution in [1.29, 1.82) is 0 Å². The molecule has 6 N–H and O–H groups in total. The minimum atomic E-state index is -5.03. The second kappa shape index (κ2) is 39.4. The highest BCUT2D eigenvalue weighted by Crippen LogP contribution is 2.47. The number of hydrogen-bond donors (Lipinski definition) is 6. The predicted molar refractivity (Wildman–Crippen MR) is 248 cm³/mol. The normalized spacial score (nSPS) is 22.5. The van der Waals surface area contributed by atoms with E-state index in [4.69, 9.17) is 18.5 Å². The van der Waals surface area contributed by atoms with E-state index in [9.17, 15) is 39.8 Å². The van der Waals surface area contributed by atoms with Gasteiger partial charge in [-0.25, -0.2) is 4.57 Å². The Kier molecular flexibility index (Phi) is 36.9. The van der Waals surface area contributed by atoms with Crippen molar-refractivity contribution in [3.63, 3.8) is 0 Å². The molecule has 1 saturated carbocycles. The standard InChI is InChI=1S/C49H87O12P/c1-3-5-7-9-11-13-15-17-19-20-21-22-23-25-27-29-31-33-35-37-39-58-40-42(41-59-62(56,57)61-49-47(54)45(52)44(51)46(53)48(49)55)60-43(50)38-36-34-32-30-28-26-24-18-16-14-12-10-8-6-4-2/h6,8,12,14,17-19,24,28,30,42,44-49,51-55H,3-5,7,9-11,13,15-16,20-23,25-27,29,31-41H2,1-2H3,(H,56,57)/b8-6-,14-12-,19-17-,24-18-,30-28-. The first-order valence-electron chi connectivity index (χ1n) is 24.1. The van der Waals surface area contributed by atoms with Gasteiger partial charge in [0.2, 0.25) is 0 Å². The molecule has 1 rings (SSSR count). The van der Waals surface area contributed by atoms with Gasteiger partial charge in [-0.2, -0.15) is 0 Å². The lowest BCUT2D eigenvalue weighted by Crippen LogP contribution is -2.64. The molecule has 0 saturated heterocycles. The molecular formula is C49H87O12P. The molecule has 0 spiro atoms.